The molecular formula is C14H15NO4. The van der Waals surface area contributed by atoms with Crippen LogP contribution in [0.2, 0.25) is 0 Å². The van der Waals surface area contributed by atoms with Gasteiger partial charge in [-0.3, -0.25) is 0 Å². The molecule has 0 aliphatic carbocycles. The van der Waals surface area contributed by atoms with Gasteiger partial charge in [0.25, 0.3) is 0 Å². The molecule has 1 aromatic rings. The van der Waals surface area contributed by atoms with E-state index < -0.39 is 12.1 Å². The zero-order valence-corrected chi connectivity index (χ0v) is 10.6. The van der Waals surface area contributed by atoms with Crippen LogP contribution in [0.1, 0.15) is 16.7 Å². The quantitative estimate of drug-likeness (QED) is 0.652. The molecule has 1 aliphatic heterocycles. The van der Waals surface area contributed by atoms with Crippen molar-refractivity contribution in [3.63, 3.8) is 0 Å². The normalized spacial score (nSPS) is 14.3. The van der Waals surface area contributed by atoms with Crippen molar-refractivity contribution in [2.45, 2.75) is 13.0 Å². The lowest BCUT2D eigenvalue weighted by atomic mass is 9.97. The summed E-state index contributed by atoms with van der Waals surface area (Å²) in [7, 11) is 1.33. The number of amides is 1. The number of carbonyl (C=O) groups excluding carboxylic acids is 1. The van der Waals surface area contributed by atoms with Gasteiger partial charge in [-0.05, 0) is 29.2 Å². The summed E-state index contributed by atoms with van der Waals surface area (Å²) in [6, 6.07) is 5.75. The van der Waals surface area contributed by atoms with Crippen LogP contribution in [0, 0.1) is 0 Å². The van der Waals surface area contributed by atoms with Gasteiger partial charge in [-0.25, -0.2) is 9.59 Å². The molecule has 5 heteroatoms. The van der Waals surface area contributed by atoms with E-state index in [1.807, 2.05) is 18.2 Å². The van der Waals surface area contributed by atoms with Crippen molar-refractivity contribution in [1.82, 2.24) is 4.90 Å². The lowest BCUT2D eigenvalue weighted by molar-refractivity contribution is -0.134. The van der Waals surface area contributed by atoms with E-state index in [-0.39, 0.29) is 0 Å². The van der Waals surface area contributed by atoms with E-state index in [0.29, 0.717) is 19.5 Å². The number of esters is 1. The topological polar surface area (TPSA) is 66.8 Å². The van der Waals surface area contributed by atoms with Gasteiger partial charge in [0.15, 0.2) is 0 Å². The van der Waals surface area contributed by atoms with Gasteiger partial charge < -0.3 is 14.7 Å². The Hall–Kier alpha value is -2.30. The van der Waals surface area contributed by atoms with Gasteiger partial charge in [0.1, 0.15) is 0 Å². The van der Waals surface area contributed by atoms with Crippen LogP contribution < -0.4 is 0 Å². The maximum absolute atomic E-state index is 11.0. The highest BCUT2D eigenvalue weighted by atomic mass is 16.5. The molecule has 1 amide bonds. The first-order chi connectivity index (χ1) is 9.10. The molecular weight excluding hydrogens is 246 g/mol. The summed E-state index contributed by atoms with van der Waals surface area (Å²) in [6.07, 6.45) is 2.87. The number of rotatable bonds is 2. The van der Waals surface area contributed by atoms with E-state index in [2.05, 4.69) is 4.74 Å². The molecule has 0 saturated heterocycles. The number of benzene rings is 1. The molecule has 0 fully saturated rings. The molecule has 1 aromatic carbocycles. The van der Waals surface area contributed by atoms with E-state index in [0.717, 1.165) is 16.7 Å². The van der Waals surface area contributed by atoms with Gasteiger partial charge in [0.2, 0.25) is 0 Å². The Morgan fingerprint density at radius 2 is 2.16 bits per heavy atom. The molecule has 0 radical (unpaired) electrons. The number of hydrogen-bond acceptors (Lipinski definition) is 3. The summed E-state index contributed by atoms with van der Waals surface area (Å²) in [5.41, 5.74) is 3.06. The summed E-state index contributed by atoms with van der Waals surface area (Å²) >= 11 is 0. The third-order valence-electron chi connectivity index (χ3n) is 3.13. The number of carbonyl (C=O) groups is 2. The number of methoxy groups -OCH3 is 1. The Balaban J connectivity index is 2.15. The van der Waals surface area contributed by atoms with Crippen molar-refractivity contribution < 1.29 is 19.4 Å². The molecule has 0 atom stereocenters. The molecule has 0 saturated carbocycles. The zero-order chi connectivity index (χ0) is 13.8. The molecule has 1 heterocycles. The van der Waals surface area contributed by atoms with Crippen molar-refractivity contribution in [2.24, 2.45) is 0 Å². The summed E-state index contributed by atoms with van der Waals surface area (Å²) in [4.78, 5) is 23.3. The van der Waals surface area contributed by atoms with Crippen LogP contribution in [0.4, 0.5) is 4.79 Å². The second kappa shape index (κ2) is 5.56. The van der Waals surface area contributed by atoms with Crippen molar-refractivity contribution in [2.75, 3.05) is 13.7 Å². The smallest absolute Gasteiger partial charge is 0.407 e. The predicted octanol–water partition coefficient (Wildman–Crippen LogP) is 1.91. The van der Waals surface area contributed by atoms with Crippen molar-refractivity contribution in [3.05, 3.63) is 41.0 Å². The van der Waals surface area contributed by atoms with E-state index >= 15 is 0 Å². The fraction of sp³-hybridized carbons (Fsp3) is 0.286. The summed E-state index contributed by atoms with van der Waals surface area (Å²) < 4.78 is 4.53. The average Bonchev–Trinajstić information content (AvgIpc) is 2.43. The van der Waals surface area contributed by atoms with Crippen molar-refractivity contribution in [1.29, 1.82) is 0 Å². The van der Waals surface area contributed by atoms with Crippen LogP contribution in [0.25, 0.3) is 6.08 Å². The third-order valence-corrected chi connectivity index (χ3v) is 3.13. The van der Waals surface area contributed by atoms with Gasteiger partial charge in [-0.2, -0.15) is 0 Å². The van der Waals surface area contributed by atoms with E-state index in [9.17, 15) is 9.59 Å². The molecule has 19 heavy (non-hydrogen) atoms. The van der Waals surface area contributed by atoms with E-state index in [1.54, 1.807) is 6.08 Å². The molecule has 100 valence electrons. The minimum Gasteiger partial charge on any atom is -0.466 e. The molecule has 0 aromatic heterocycles. The number of hydrogen-bond donors (Lipinski definition) is 1. The lowest BCUT2D eigenvalue weighted by Gasteiger charge is -2.26. The number of fused-ring (bicyclic) bond motifs is 1. The SMILES string of the molecule is COC(=O)/C=C/c1ccc2c(c1)CCN(C(=O)O)C2. The van der Waals surface area contributed by atoms with Crippen LogP contribution in [0.15, 0.2) is 24.3 Å². The Kier molecular flexibility index (Phi) is 3.85. The Bertz CT molecular complexity index is 536. The van der Waals surface area contributed by atoms with E-state index in [4.69, 9.17) is 5.11 Å². The first kappa shape index (κ1) is 13.1. The number of carboxylic acid groups (broad SMARTS) is 1. The van der Waals surface area contributed by atoms with Crippen molar-refractivity contribution >= 4 is 18.1 Å². The monoisotopic (exact) mass is 261 g/mol. The highest BCUT2D eigenvalue weighted by molar-refractivity contribution is 5.86. The molecule has 0 unspecified atom stereocenters. The standard InChI is InChI=1S/C14H15NO4/c1-19-13(16)5-3-10-2-4-12-9-15(14(17)18)7-6-11(12)8-10/h2-5,8H,6-7,9H2,1H3,(H,17,18)/b5-3+. The first-order valence-corrected chi connectivity index (χ1v) is 5.96. The lowest BCUT2D eigenvalue weighted by Crippen LogP contribution is -2.34. The predicted molar refractivity (Wildman–Crippen MR) is 69.6 cm³/mol. The molecule has 2 rings (SSSR count). The van der Waals surface area contributed by atoms with E-state index in [1.165, 1.54) is 18.1 Å². The molecule has 1 N–H and O–H groups in total. The van der Waals surface area contributed by atoms with Gasteiger partial charge >= 0.3 is 12.1 Å². The first-order valence-electron chi connectivity index (χ1n) is 5.96. The minimum absolute atomic E-state index is 0.394. The minimum atomic E-state index is -0.889. The summed E-state index contributed by atoms with van der Waals surface area (Å²) in [5.74, 6) is -0.394. The Morgan fingerprint density at radius 1 is 1.37 bits per heavy atom. The summed E-state index contributed by atoms with van der Waals surface area (Å²) in [6.45, 7) is 0.929. The molecule has 1 aliphatic rings. The Labute approximate surface area is 111 Å². The number of nitrogens with zero attached hydrogens (tertiary/aromatic N) is 1. The highest BCUT2D eigenvalue weighted by Gasteiger charge is 2.19. The molecule has 0 bridgehead atoms. The summed E-state index contributed by atoms with van der Waals surface area (Å²) in [5, 5.41) is 8.95. The maximum Gasteiger partial charge on any atom is 0.407 e. The maximum atomic E-state index is 11.0. The van der Waals surface area contributed by atoms with Gasteiger partial charge in [0.05, 0.1) is 7.11 Å². The molecule has 5 nitrogen and oxygen atoms in total. The highest BCUT2D eigenvalue weighted by Crippen LogP contribution is 2.21. The van der Waals surface area contributed by atoms with Crippen molar-refractivity contribution in [3.8, 4) is 0 Å². The van der Waals surface area contributed by atoms with Gasteiger partial charge in [-0.1, -0.05) is 18.2 Å². The van der Waals surface area contributed by atoms with Crippen LogP contribution in [-0.4, -0.2) is 35.7 Å². The fourth-order valence-corrected chi connectivity index (χ4v) is 2.07. The van der Waals surface area contributed by atoms with Crippen LogP contribution in [0.5, 0.6) is 0 Å². The van der Waals surface area contributed by atoms with Gasteiger partial charge in [0, 0.05) is 19.2 Å². The fourth-order valence-electron chi connectivity index (χ4n) is 2.07. The van der Waals surface area contributed by atoms with Crippen LogP contribution in [0.3, 0.4) is 0 Å². The third kappa shape index (κ3) is 3.13. The van der Waals surface area contributed by atoms with Gasteiger partial charge in [-0.15, -0.1) is 0 Å². The van der Waals surface area contributed by atoms with Crippen LogP contribution in [-0.2, 0) is 22.5 Å². The van der Waals surface area contributed by atoms with Crippen LogP contribution >= 0.6 is 0 Å². The second-order valence-corrected chi connectivity index (χ2v) is 4.34. The second-order valence-electron chi connectivity index (χ2n) is 4.34. The Morgan fingerprint density at radius 3 is 2.84 bits per heavy atom. The molecule has 0 spiro atoms. The largest absolute Gasteiger partial charge is 0.466 e. The number of ether oxygens (including phenoxy) is 1. The zero-order valence-electron chi connectivity index (χ0n) is 10.6. The average molecular weight is 261 g/mol.